The van der Waals surface area contributed by atoms with Crippen molar-refractivity contribution in [3.63, 3.8) is 0 Å². The van der Waals surface area contributed by atoms with Crippen molar-refractivity contribution in [1.29, 1.82) is 0 Å². The van der Waals surface area contributed by atoms with E-state index in [1.165, 1.54) is 12.0 Å². The minimum Gasteiger partial charge on any atom is -0.490 e. The summed E-state index contributed by atoms with van der Waals surface area (Å²) in [6.45, 7) is 6.22. The van der Waals surface area contributed by atoms with Crippen molar-refractivity contribution in [3.8, 4) is 11.5 Å². The molecule has 2 rings (SSSR count). The predicted molar refractivity (Wildman–Crippen MR) is 97.5 cm³/mol. The van der Waals surface area contributed by atoms with Gasteiger partial charge in [0.2, 0.25) is 0 Å². The molecule has 26 heavy (non-hydrogen) atoms. The first-order valence-electron chi connectivity index (χ1n) is 8.27. The van der Waals surface area contributed by atoms with Crippen LogP contribution in [0.5, 0.6) is 11.5 Å². The largest absolute Gasteiger partial charge is 0.490 e. The summed E-state index contributed by atoms with van der Waals surface area (Å²) in [5, 5.41) is 3.14. The van der Waals surface area contributed by atoms with Gasteiger partial charge in [0.15, 0.2) is 11.5 Å². The van der Waals surface area contributed by atoms with E-state index >= 15 is 0 Å². The fourth-order valence-electron chi connectivity index (χ4n) is 2.76. The Morgan fingerprint density at radius 2 is 1.92 bits per heavy atom. The molecule has 1 aromatic rings. The van der Waals surface area contributed by atoms with Crippen LogP contribution in [-0.4, -0.2) is 44.3 Å². The molecule has 0 radical (unpaired) electrons. The number of nitrogens with zero attached hydrogens (tertiary/aromatic N) is 1. The Morgan fingerprint density at radius 1 is 1.27 bits per heavy atom. The number of carbonyl (C=O) groups excluding carboxylic acids is 2. The van der Waals surface area contributed by atoms with Gasteiger partial charge in [-0.15, -0.1) is 0 Å². The Morgan fingerprint density at radius 3 is 2.50 bits per heavy atom. The number of carbonyl (C=O) groups is 2. The number of allylic oxidation sites excluding steroid dienone is 1. The van der Waals surface area contributed by atoms with E-state index in [4.69, 9.17) is 25.8 Å². The van der Waals surface area contributed by atoms with Crippen LogP contribution in [0.15, 0.2) is 23.4 Å². The fourth-order valence-corrected chi connectivity index (χ4v) is 3.04. The van der Waals surface area contributed by atoms with E-state index in [2.05, 4.69) is 5.32 Å². The summed E-state index contributed by atoms with van der Waals surface area (Å²) in [7, 11) is 2.88. The van der Waals surface area contributed by atoms with Crippen molar-refractivity contribution in [2.45, 2.75) is 26.8 Å². The van der Waals surface area contributed by atoms with Crippen LogP contribution in [-0.2, 0) is 9.53 Å². The monoisotopic (exact) mass is 382 g/mol. The van der Waals surface area contributed by atoms with Crippen LogP contribution in [0, 0.1) is 0 Å². The molecule has 8 heteroatoms. The van der Waals surface area contributed by atoms with E-state index in [0.29, 0.717) is 46.6 Å². The van der Waals surface area contributed by atoms with Crippen molar-refractivity contribution >= 4 is 23.6 Å². The maximum absolute atomic E-state index is 12.3. The summed E-state index contributed by atoms with van der Waals surface area (Å²) in [4.78, 5) is 25.9. The summed E-state index contributed by atoms with van der Waals surface area (Å²) in [6.07, 6.45) is 0. The Hall–Kier alpha value is -2.41. The van der Waals surface area contributed by atoms with Crippen LogP contribution < -0.4 is 14.8 Å². The molecule has 0 bridgehead atoms. The van der Waals surface area contributed by atoms with E-state index in [0.717, 1.165) is 0 Å². The second-order valence-electron chi connectivity index (χ2n) is 5.63. The van der Waals surface area contributed by atoms with Gasteiger partial charge in [0.1, 0.15) is 0 Å². The molecule has 1 unspecified atom stereocenters. The van der Waals surface area contributed by atoms with Gasteiger partial charge in [0, 0.05) is 12.7 Å². The maximum atomic E-state index is 12.3. The van der Waals surface area contributed by atoms with Gasteiger partial charge in [-0.05, 0) is 38.5 Å². The Balaban J connectivity index is 2.60. The lowest BCUT2D eigenvalue weighted by Crippen LogP contribution is -2.46. The highest BCUT2D eigenvalue weighted by atomic mass is 35.5. The standard InChI is InChI=1S/C18H23ClN2O5/c1-6-25-13-9-11(8-12(19)16(13)26-7-2)15-14(17(22)24-5)10(3)21(4)18(23)20-15/h8-9,15H,6-7H2,1-5H3,(H,20,23). The molecule has 0 aromatic heterocycles. The van der Waals surface area contributed by atoms with Crippen LogP contribution in [0.4, 0.5) is 4.79 Å². The SMILES string of the molecule is CCOc1cc(C2NC(=O)N(C)C(C)=C2C(=O)OC)cc(Cl)c1OCC. The molecule has 142 valence electrons. The molecule has 0 spiro atoms. The highest BCUT2D eigenvalue weighted by molar-refractivity contribution is 6.32. The van der Waals surface area contributed by atoms with E-state index in [9.17, 15) is 9.59 Å². The third-order valence-corrected chi connectivity index (χ3v) is 4.39. The van der Waals surface area contributed by atoms with Crippen molar-refractivity contribution in [1.82, 2.24) is 10.2 Å². The zero-order valence-corrected chi connectivity index (χ0v) is 16.3. The van der Waals surface area contributed by atoms with Crippen molar-refractivity contribution in [2.75, 3.05) is 27.4 Å². The molecular formula is C18H23ClN2O5. The Bertz CT molecular complexity index is 747. The predicted octanol–water partition coefficient (Wildman–Crippen LogP) is 3.28. The first-order chi connectivity index (χ1) is 12.3. The second kappa shape index (κ2) is 8.31. The van der Waals surface area contributed by atoms with Crippen LogP contribution in [0.2, 0.25) is 5.02 Å². The van der Waals surface area contributed by atoms with Gasteiger partial charge >= 0.3 is 12.0 Å². The number of hydrogen-bond acceptors (Lipinski definition) is 5. The van der Waals surface area contributed by atoms with Crippen LogP contribution >= 0.6 is 11.6 Å². The second-order valence-corrected chi connectivity index (χ2v) is 6.04. The molecule has 1 atom stereocenters. The summed E-state index contributed by atoms with van der Waals surface area (Å²) >= 11 is 6.37. The number of urea groups is 1. The number of ether oxygens (including phenoxy) is 3. The van der Waals surface area contributed by atoms with E-state index < -0.39 is 12.0 Å². The zero-order chi connectivity index (χ0) is 19.4. The number of hydrogen-bond donors (Lipinski definition) is 1. The summed E-state index contributed by atoms with van der Waals surface area (Å²) in [5.41, 5.74) is 1.44. The normalized spacial score (nSPS) is 17.1. The molecule has 1 heterocycles. The van der Waals surface area contributed by atoms with Gasteiger partial charge in [-0.1, -0.05) is 11.6 Å². The lowest BCUT2D eigenvalue weighted by molar-refractivity contribution is -0.136. The van der Waals surface area contributed by atoms with E-state index in [1.54, 1.807) is 26.1 Å². The molecule has 2 amide bonds. The fraction of sp³-hybridized carbons (Fsp3) is 0.444. The van der Waals surface area contributed by atoms with Gasteiger partial charge < -0.3 is 24.4 Å². The van der Waals surface area contributed by atoms with Gasteiger partial charge in [0.05, 0.1) is 37.0 Å². The smallest absolute Gasteiger partial charge is 0.337 e. The maximum Gasteiger partial charge on any atom is 0.337 e. The minimum absolute atomic E-state index is 0.330. The molecule has 1 aliphatic rings. The molecule has 1 aliphatic heterocycles. The Labute approximate surface area is 157 Å². The van der Waals surface area contributed by atoms with Crippen LogP contribution in [0.25, 0.3) is 0 Å². The number of halogens is 1. The molecule has 0 aliphatic carbocycles. The molecule has 0 saturated carbocycles. The highest BCUT2D eigenvalue weighted by Gasteiger charge is 2.35. The quantitative estimate of drug-likeness (QED) is 0.764. The third-order valence-electron chi connectivity index (χ3n) is 4.11. The van der Waals surface area contributed by atoms with Crippen LogP contribution in [0.3, 0.4) is 0 Å². The number of esters is 1. The first kappa shape index (κ1) is 19.9. The first-order valence-corrected chi connectivity index (χ1v) is 8.65. The molecule has 7 nitrogen and oxygen atoms in total. The molecule has 0 fully saturated rings. The molecule has 1 N–H and O–H groups in total. The summed E-state index contributed by atoms with van der Waals surface area (Å²) in [6, 6.07) is 2.33. The average molecular weight is 383 g/mol. The zero-order valence-electron chi connectivity index (χ0n) is 15.5. The highest BCUT2D eigenvalue weighted by Crippen LogP contribution is 2.41. The number of benzene rings is 1. The number of nitrogens with one attached hydrogen (secondary N) is 1. The van der Waals surface area contributed by atoms with Gasteiger partial charge in [-0.2, -0.15) is 0 Å². The number of rotatable bonds is 6. The Kier molecular flexibility index (Phi) is 6.37. The molecular weight excluding hydrogens is 360 g/mol. The van der Waals surface area contributed by atoms with Gasteiger partial charge in [0.25, 0.3) is 0 Å². The lowest BCUT2D eigenvalue weighted by atomic mass is 9.94. The van der Waals surface area contributed by atoms with E-state index in [-0.39, 0.29) is 6.03 Å². The van der Waals surface area contributed by atoms with Gasteiger partial charge in [-0.3, -0.25) is 0 Å². The van der Waals surface area contributed by atoms with Crippen molar-refractivity contribution in [2.24, 2.45) is 0 Å². The molecule has 0 saturated heterocycles. The van der Waals surface area contributed by atoms with Gasteiger partial charge in [-0.25, -0.2) is 9.59 Å². The third kappa shape index (κ3) is 3.72. The number of methoxy groups -OCH3 is 1. The average Bonchev–Trinajstić information content (AvgIpc) is 2.61. The number of amides is 2. The van der Waals surface area contributed by atoms with Crippen molar-refractivity contribution < 1.29 is 23.8 Å². The van der Waals surface area contributed by atoms with Crippen molar-refractivity contribution in [3.05, 3.63) is 34.0 Å². The summed E-state index contributed by atoms with van der Waals surface area (Å²) < 4.78 is 16.1. The lowest BCUT2D eigenvalue weighted by Gasteiger charge is -2.33. The molecule has 1 aromatic carbocycles. The van der Waals surface area contributed by atoms with Crippen LogP contribution in [0.1, 0.15) is 32.4 Å². The topological polar surface area (TPSA) is 77.1 Å². The summed E-state index contributed by atoms with van der Waals surface area (Å²) in [5.74, 6) is 0.355. The minimum atomic E-state index is -0.710. The van der Waals surface area contributed by atoms with E-state index in [1.807, 2.05) is 13.8 Å².